The number of esters is 1. The Labute approximate surface area is 188 Å². The molecule has 12 heteroatoms. The number of aliphatic hydroxyl groups excluding tert-OH is 1. The van der Waals surface area contributed by atoms with Gasteiger partial charge in [-0.25, -0.2) is 8.42 Å². The smallest absolute Gasteiger partial charge is 0.327 e. The molecule has 8 nitrogen and oxygen atoms in total. The van der Waals surface area contributed by atoms with Crippen molar-refractivity contribution >= 4 is 56.4 Å². The van der Waals surface area contributed by atoms with Gasteiger partial charge in [-0.1, -0.05) is 29.3 Å². The molecule has 1 amide bonds. The number of benzene rings is 1. The molecule has 2 rings (SSSR count). The Morgan fingerprint density at radius 1 is 1.27 bits per heavy atom. The lowest BCUT2D eigenvalue weighted by atomic mass is 10.2. The van der Waals surface area contributed by atoms with Gasteiger partial charge in [-0.2, -0.15) is 4.72 Å². The Balaban J connectivity index is 2.01. The van der Waals surface area contributed by atoms with Gasteiger partial charge in [-0.05, 0) is 36.6 Å². The number of thiophene rings is 1. The topological polar surface area (TPSA) is 113 Å². The van der Waals surface area contributed by atoms with Gasteiger partial charge in [-0.15, -0.1) is 11.3 Å². The van der Waals surface area contributed by atoms with Crippen LogP contribution in [0.3, 0.4) is 0 Å². The third-order valence-electron chi connectivity index (χ3n) is 3.96. The van der Waals surface area contributed by atoms with E-state index in [1.165, 1.54) is 35.3 Å². The lowest BCUT2D eigenvalue weighted by Gasteiger charge is -2.21. The summed E-state index contributed by atoms with van der Waals surface area (Å²) in [6.07, 6.45) is -1.42. The summed E-state index contributed by atoms with van der Waals surface area (Å²) < 4.78 is 32.1. The summed E-state index contributed by atoms with van der Waals surface area (Å²) >= 11 is 13.1. The molecule has 2 N–H and O–H groups in total. The number of ether oxygens (including phenoxy) is 1. The first-order valence-electron chi connectivity index (χ1n) is 8.59. The molecule has 0 bridgehead atoms. The number of hydrogen-bond acceptors (Lipinski definition) is 7. The van der Waals surface area contributed by atoms with Crippen molar-refractivity contribution in [3.05, 3.63) is 50.6 Å². The van der Waals surface area contributed by atoms with Crippen LogP contribution in [0.1, 0.15) is 11.8 Å². The molecule has 0 aliphatic rings. The van der Waals surface area contributed by atoms with E-state index >= 15 is 0 Å². The SMILES string of the molecule is C[C@@H](O)[C@@H](NS(=O)(=O)c1ccc(Cl)c(Cl)c1)C(=O)OCC(=O)N(C)Cc1cccs1. The van der Waals surface area contributed by atoms with Crippen LogP contribution in [0.15, 0.2) is 40.6 Å². The Hall–Kier alpha value is -1.69. The molecule has 0 aliphatic carbocycles. The molecule has 2 atom stereocenters. The minimum Gasteiger partial charge on any atom is -0.454 e. The summed E-state index contributed by atoms with van der Waals surface area (Å²) in [4.78, 5) is 26.6. The predicted molar refractivity (Wildman–Crippen MR) is 114 cm³/mol. The molecular weight excluding hydrogens is 475 g/mol. The van der Waals surface area contributed by atoms with Gasteiger partial charge >= 0.3 is 5.97 Å². The molecular formula is C18H20Cl2N2O6S2. The van der Waals surface area contributed by atoms with Crippen LogP contribution in [0.2, 0.25) is 10.0 Å². The standard InChI is InChI=1S/C18H20Cl2N2O6S2/c1-11(23)17(21-30(26,27)13-5-6-14(19)15(20)8-13)18(25)28-10-16(24)22(2)9-12-4-3-7-29-12/h3-8,11,17,21,23H,9-10H2,1-2H3/t11-,17-/m1/s1. The molecule has 30 heavy (non-hydrogen) atoms. The van der Waals surface area contributed by atoms with E-state index in [4.69, 9.17) is 27.9 Å². The lowest BCUT2D eigenvalue weighted by Crippen LogP contribution is -2.49. The summed E-state index contributed by atoms with van der Waals surface area (Å²) in [6.45, 7) is 0.963. The highest BCUT2D eigenvalue weighted by molar-refractivity contribution is 7.89. The number of hydrogen-bond donors (Lipinski definition) is 2. The zero-order chi connectivity index (χ0) is 22.5. The molecule has 0 saturated carbocycles. The maximum absolute atomic E-state index is 12.5. The summed E-state index contributed by atoms with van der Waals surface area (Å²) in [5.41, 5.74) is 0. The molecule has 1 aromatic heterocycles. The van der Waals surface area contributed by atoms with Crippen molar-refractivity contribution in [2.24, 2.45) is 0 Å². The number of halogens is 2. The molecule has 0 saturated heterocycles. The number of rotatable bonds is 9. The normalized spacial score (nSPS) is 13.5. The number of aliphatic hydroxyl groups is 1. The average molecular weight is 495 g/mol. The van der Waals surface area contributed by atoms with E-state index < -0.39 is 40.7 Å². The molecule has 164 valence electrons. The van der Waals surface area contributed by atoms with Crippen LogP contribution in [0, 0.1) is 0 Å². The molecule has 0 unspecified atom stereocenters. The van der Waals surface area contributed by atoms with Crippen LogP contribution in [-0.4, -0.2) is 56.1 Å². The van der Waals surface area contributed by atoms with Crippen molar-refractivity contribution in [2.75, 3.05) is 13.7 Å². The highest BCUT2D eigenvalue weighted by atomic mass is 35.5. The molecule has 2 aromatic rings. The Morgan fingerprint density at radius 2 is 1.97 bits per heavy atom. The number of amides is 1. The van der Waals surface area contributed by atoms with E-state index in [0.717, 1.165) is 10.9 Å². The summed E-state index contributed by atoms with van der Waals surface area (Å²) in [7, 11) is -2.68. The van der Waals surface area contributed by atoms with Crippen molar-refractivity contribution in [2.45, 2.75) is 30.5 Å². The van der Waals surface area contributed by atoms with Crippen LogP contribution in [0.25, 0.3) is 0 Å². The van der Waals surface area contributed by atoms with Crippen LogP contribution in [0.5, 0.6) is 0 Å². The van der Waals surface area contributed by atoms with Crippen LogP contribution in [0.4, 0.5) is 0 Å². The number of carbonyl (C=O) groups excluding carboxylic acids is 2. The van der Waals surface area contributed by atoms with Gasteiger partial charge in [0, 0.05) is 11.9 Å². The number of sulfonamides is 1. The van der Waals surface area contributed by atoms with Gasteiger partial charge in [0.1, 0.15) is 6.04 Å². The summed E-state index contributed by atoms with van der Waals surface area (Å²) in [6, 6.07) is 5.69. The number of likely N-dealkylation sites (N-methyl/N-ethyl adjacent to an activating group) is 1. The fraction of sp³-hybridized carbons (Fsp3) is 0.333. The molecule has 1 heterocycles. The van der Waals surface area contributed by atoms with Crippen molar-refractivity contribution in [3.8, 4) is 0 Å². The average Bonchev–Trinajstić information content (AvgIpc) is 3.18. The first-order chi connectivity index (χ1) is 14.0. The van der Waals surface area contributed by atoms with E-state index in [9.17, 15) is 23.1 Å². The second-order valence-electron chi connectivity index (χ2n) is 6.35. The number of nitrogens with zero attached hydrogens (tertiary/aromatic N) is 1. The van der Waals surface area contributed by atoms with Crippen LogP contribution in [-0.2, 0) is 30.9 Å². The zero-order valence-corrected chi connectivity index (χ0v) is 19.2. The molecule has 0 radical (unpaired) electrons. The minimum atomic E-state index is -4.23. The quantitative estimate of drug-likeness (QED) is 0.517. The van der Waals surface area contributed by atoms with Gasteiger partial charge in [-0.3, -0.25) is 9.59 Å². The second kappa shape index (κ2) is 10.6. The van der Waals surface area contributed by atoms with Crippen molar-refractivity contribution in [3.63, 3.8) is 0 Å². The molecule has 0 aliphatic heterocycles. The summed E-state index contributed by atoms with van der Waals surface area (Å²) in [5, 5.41) is 11.9. The first-order valence-corrected chi connectivity index (χ1v) is 11.7. The van der Waals surface area contributed by atoms with Crippen molar-refractivity contribution < 1.29 is 27.9 Å². The van der Waals surface area contributed by atoms with Gasteiger partial charge in [0.2, 0.25) is 10.0 Å². The van der Waals surface area contributed by atoms with E-state index in [1.807, 2.05) is 17.5 Å². The van der Waals surface area contributed by atoms with Crippen molar-refractivity contribution in [1.29, 1.82) is 0 Å². The number of nitrogens with one attached hydrogen (secondary N) is 1. The van der Waals surface area contributed by atoms with E-state index in [2.05, 4.69) is 4.72 Å². The van der Waals surface area contributed by atoms with Gasteiger partial charge in [0.25, 0.3) is 5.91 Å². The van der Waals surface area contributed by atoms with Gasteiger partial charge in [0.15, 0.2) is 6.61 Å². The van der Waals surface area contributed by atoms with Crippen molar-refractivity contribution in [1.82, 2.24) is 9.62 Å². The fourth-order valence-electron chi connectivity index (χ4n) is 2.28. The third kappa shape index (κ3) is 6.66. The third-order valence-corrected chi connectivity index (χ3v) is 7.00. The van der Waals surface area contributed by atoms with Crippen LogP contribution >= 0.6 is 34.5 Å². The molecule has 1 aromatic carbocycles. The largest absolute Gasteiger partial charge is 0.454 e. The fourth-order valence-corrected chi connectivity index (χ4v) is 4.68. The van der Waals surface area contributed by atoms with Crippen LogP contribution < -0.4 is 4.72 Å². The predicted octanol–water partition coefficient (Wildman–Crippen LogP) is 2.28. The summed E-state index contributed by atoms with van der Waals surface area (Å²) in [5.74, 6) is -1.57. The Kier molecular flexibility index (Phi) is 8.65. The van der Waals surface area contributed by atoms with Gasteiger partial charge in [0.05, 0.1) is 27.6 Å². The molecule has 0 spiro atoms. The van der Waals surface area contributed by atoms with Gasteiger partial charge < -0.3 is 14.7 Å². The maximum Gasteiger partial charge on any atom is 0.327 e. The monoisotopic (exact) mass is 494 g/mol. The first kappa shape index (κ1) is 24.6. The molecule has 0 fully saturated rings. The Bertz CT molecular complexity index is 996. The highest BCUT2D eigenvalue weighted by Gasteiger charge is 2.31. The van der Waals surface area contributed by atoms with E-state index in [0.29, 0.717) is 6.54 Å². The van der Waals surface area contributed by atoms with E-state index in [1.54, 1.807) is 7.05 Å². The number of carbonyl (C=O) groups is 2. The van der Waals surface area contributed by atoms with E-state index in [-0.39, 0.29) is 14.9 Å². The second-order valence-corrected chi connectivity index (χ2v) is 9.91. The lowest BCUT2D eigenvalue weighted by molar-refractivity contribution is -0.155. The minimum absolute atomic E-state index is 0.00934. The Morgan fingerprint density at radius 3 is 2.53 bits per heavy atom. The zero-order valence-electron chi connectivity index (χ0n) is 16.0. The highest BCUT2D eigenvalue weighted by Crippen LogP contribution is 2.25. The maximum atomic E-state index is 12.5.